The van der Waals surface area contributed by atoms with Gasteiger partial charge in [0.15, 0.2) is 0 Å². The first-order chi connectivity index (χ1) is 10.2. The van der Waals surface area contributed by atoms with Gasteiger partial charge in [-0.1, -0.05) is 18.2 Å². The SMILES string of the molecule is COC(=O)C1=C(O)CN(CCc2c[nH]c3ccccc23)C1. The van der Waals surface area contributed by atoms with Gasteiger partial charge < -0.3 is 14.8 Å². The average molecular weight is 286 g/mol. The zero-order chi connectivity index (χ0) is 14.8. The molecule has 0 spiro atoms. The van der Waals surface area contributed by atoms with E-state index in [1.54, 1.807) is 0 Å². The monoisotopic (exact) mass is 286 g/mol. The van der Waals surface area contributed by atoms with E-state index in [1.807, 2.05) is 23.2 Å². The quantitative estimate of drug-likeness (QED) is 0.844. The van der Waals surface area contributed by atoms with Crippen molar-refractivity contribution < 1.29 is 14.6 Å². The number of rotatable bonds is 4. The van der Waals surface area contributed by atoms with Crippen LogP contribution in [0.5, 0.6) is 0 Å². The molecule has 0 fully saturated rings. The zero-order valence-corrected chi connectivity index (χ0v) is 11.9. The Hall–Kier alpha value is -2.27. The molecule has 5 heteroatoms. The maximum atomic E-state index is 11.5. The summed E-state index contributed by atoms with van der Waals surface area (Å²) in [4.78, 5) is 16.8. The van der Waals surface area contributed by atoms with E-state index in [2.05, 4.69) is 21.9 Å². The van der Waals surface area contributed by atoms with Crippen molar-refractivity contribution in [3.63, 3.8) is 0 Å². The highest BCUT2D eigenvalue weighted by Gasteiger charge is 2.26. The number of hydrogen-bond donors (Lipinski definition) is 2. The Kier molecular flexibility index (Phi) is 3.66. The summed E-state index contributed by atoms with van der Waals surface area (Å²) in [5.74, 6) is -0.317. The van der Waals surface area contributed by atoms with Crippen LogP contribution in [0.2, 0.25) is 0 Å². The van der Waals surface area contributed by atoms with Gasteiger partial charge >= 0.3 is 5.97 Å². The smallest absolute Gasteiger partial charge is 0.338 e. The van der Waals surface area contributed by atoms with E-state index in [9.17, 15) is 9.90 Å². The lowest BCUT2D eigenvalue weighted by atomic mass is 10.1. The number of benzene rings is 1. The van der Waals surface area contributed by atoms with Crippen LogP contribution in [0, 0.1) is 0 Å². The lowest BCUT2D eigenvalue weighted by Gasteiger charge is -2.14. The molecule has 0 atom stereocenters. The third-order valence-corrected chi connectivity index (χ3v) is 3.91. The van der Waals surface area contributed by atoms with E-state index in [0.717, 1.165) is 18.5 Å². The van der Waals surface area contributed by atoms with Crippen molar-refractivity contribution in [1.29, 1.82) is 0 Å². The number of aliphatic hydroxyl groups excluding tert-OH is 1. The molecule has 2 aromatic rings. The molecule has 0 radical (unpaired) electrons. The van der Waals surface area contributed by atoms with Crippen molar-refractivity contribution in [3.8, 4) is 0 Å². The van der Waals surface area contributed by atoms with Crippen molar-refractivity contribution in [2.24, 2.45) is 0 Å². The minimum Gasteiger partial charge on any atom is -0.510 e. The number of hydrogen-bond acceptors (Lipinski definition) is 4. The number of methoxy groups -OCH3 is 1. The van der Waals surface area contributed by atoms with Crippen molar-refractivity contribution in [2.45, 2.75) is 6.42 Å². The Morgan fingerprint density at radius 3 is 3.00 bits per heavy atom. The fourth-order valence-corrected chi connectivity index (χ4v) is 2.76. The van der Waals surface area contributed by atoms with E-state index in [-0.39, 0.29) is 5.76 Å². The fraction of sp³-hybridized carbons (Fsp3) is 0.312. The molecule has 0 saturated heterocycles. The van der Waals surface area contributed by atoms with Gasteiger partial charge in [0.1, 0.15) is 5.76 Å². The predicted molar refractivity (Wildman–Crippen MR) is 80.1 cm³/mol. The summed E-state index contributed by atoms with van der Waals surface area (Å²) in [7, 11) is 1.33. The van der Waals surface area contributed by atoms with Crippen LogP contribution in [0.4, 0.5) is 0 Å². The number of carbonyl (C=O) groups is 1. The van der Waals surface area contributed by atoms with Crippen molar-refractivity contribution >= 4 is 16.9 Å². The number of nitrogens with one attached hydrogen (secondary N) is 1. The van der Waals surface area contributed by atoms with Gasteiger partial charge in [-0.25, -0.2) is 4.79 Å². The second-order valence-electron chi connectivity index (χ2n) is 5.24. The van der Waals surface area contributed by atoms with Crippen LogP contribution in [-0.2, 0) is 16.0 Å². The summed E-state index contributed by atoms with van der Waals surface area (Å²) in [6.45, 7) is 1.64. The van der Waals surface area contributed by atoms with Gasteiger partial charge in [0, 0.05) is 30.2 Å². The first-order valence-corrected chi connectivity index (χ1v) is 6.95. The summed E-state index contributed by atoms with van der Waals surface area (Å²) >= 11 is 0. The summed E-state index contributed by atoms with van der Waals surface area (Å²) in [6, 6.07) is 8.18. The number of aliphatic hydroxyl groups is 1. The van der Waals surface area contributed by atoms with Gasteiger partial charge in [-0.3, -0.25) is 4.90 Å². The second-order valence-corrected chi connectivity index (χ2v) is 5.24. The summed E-state index contributed by atoms with van der Waals surface area (Å²) in [5.41, 5.74) is 2.75. The third kappa shape index (κ3) is 2.64. The minimum absolute atomic E-state index is 0.126. The van der Waals surface area contributed by atoms with Gasteiger partial charge in [-0.2, -0.15) is 0 Å². The van der Waals surface area contributed by atoms with Crippen LogP contribution in [0.1, 0.15) is 5.56 Å². The van der Waals surface area contributed by atoms with Gasteiger partial charge in [0.25, 0.3) is 0 Å². The number of aromatic amines is 1. The number of fused-ring (bicyclic) bond motifs is 1. The van der Waals surface area contributed by atoms with Crippen LogP contribution in [0.15, 0.2) is 41.8 Å². The van der Waals surface area contributed by atoms with Gasteiger partial charge in [-0.05, 0) is 18.1 Å². The summed E-state index contributed by atoms with van der Waals surface area (Å²) < 4.78 is 4.67. The standard InChI is InChI=1S/C16H18N2O3/c1-21-16(20)13-9-18(10-15(13)19)7-6-11-8-17-14-5-3-2-4-12(11)14/h2-5,8,17,19H,6-7,9-10H2,1H3. The zero-order valence-electron chi connectivity index (χ0n) is 11.9. The molecule has 5 nitrogen and oxygen atoms in total. The highest BCUT2D eigenvalue weighted by molar-refractivity contribution is 5.90. The minimum atomic E-state index is -0.443. The number of nitrogens with zero attached hydrogens (tertiary/aromatic N) is 1. The van der Waals surface area contributed by atoms with Crippen LogP contribution < -0.4 is 0 Å². The van der Waals surface area contributed by atoms with Crippen molar-refractivity contribution in [3.05, 3.63) is 47.4 Å². The molecule has 21 heavy (non-hydrogen) atoms. The van der Waals surface area contributed by atoms with Crippen molar-refractivity contribution in [2.75, 3.05) is 26.7 Å². The Bertz CT molecular complexity index is 702. The number of para-hydroxylation sites is 1. The molecule has 1 aliphatic heterocycles. The van der Waals surface area contributed by atoms with E-state index >= 15 is 0 Å². The van der Waals surface area contributed by atoms with E-state index in [4.69, 9.17) is 0 Å². The van der Waals surface area contributed by atoms with Gasteiger partial charge in [-0.15, -0.1) is 0 Å². The molecule has 2 heterocycles. The summed E-state index contributed by atoms with van der Waals surface area (Å²) in [6.07, 6.45) is 2.89. The molecule has 110 valence electrons. The highest BCUT2D eigenvalue weighted by Crippen LogP contribution is 2.20. The Morgan fingerprint density at radius 1 is 1.38 bits per heavy atom. The molecule has 0 unspecified atom stereocenters. The molecule has 0 aliphatic carbocycles. The van der Waals surface area contributed by atoms with E-state index < -0.39 is 5.97 Å². The molecule has 0 bridgehead atoms. The largest absolute Gasteiger partial charge is 0.510 e. The summed E-state index contributed by atoms with van der Waals surface area (Å²) in [5, 5.41) is 11.0. The Morgan fingerprint density at radius 2 is 2.19 bits per heavy atom. The topological polar surface area (TPSA) is 65.6 Å². The van der Waals surface area contributed by atoms with Crippen molar-refractivity contribution in [1.82, 2.24) is 9.88 Å². The van der Waals surface area contributed by atoms with Gasteiger partial charge in [0.05, 0.1) is 19.2 Å². The molecule has 1 aromatic heterocycles. The third-order valence-electron chi connectivity index (χ3n) is 3.91. The lowest BCUT2D eigenvalue weighted by Crippen LogP contribution is -2.25. The van der Waals surface area contributed by atoms with Crippen LogP contribution in [0.25, 0.3) is 10.9 Å². The number of ether oxygens (including phenoxy) is 1. The highest BCUT2D eigenvalue weighted by atomic mass is 16.5. The number of aromatic nitrogens is 1. The fourth-order valence-electron chi connectivity index (χ4n) is 2.76. The van der Waals surface area contributed by atoms with Crippen LogP contribution in [0.3, 0.4) is 0 Å². The second kappa shape index (κ2) is 5.61. The number of carbonyl (C=O) groups excluding carboxylic acids is 1. The molecular formula is C16H18N2O3. The Labute approximate surface area is 122 Å². The molecular weight excluding hydrogens is 268 g/mol. The first-order valence-electron chi connectivity index (χ1n) is 6.95. The molecule has 1 aromatic carbocycles. The maximum absolute atomic E-state index is 11.5. The molecule has 1 aliphatic rings. The van der Waals surface area contributed by atoms with E-state index in [1.165, 1.54) is 18.1 Å². The normalized spacial score (nSPS) is 15.9. The predicted octanol–water partition coefficient (Wildman–Crippen LogP) is 2.01. The first kappa shape index (κ1) is 13.7. The molecule has 3 rings (SSSR count). The molecule has 2 N–H and O–H groups in total. The number of H-pyrrole nitrogens is 1. The maximum Gasteiger partial charge on any atom is 0.338 e. The average Bonchev–Trinajstić information content (AvgIpc) is 3.08. The van der Waals surface area contributed by atoms with Crippen LogP contribution in [-0.4, -0.2) is 47.7 Å². The van der Waals surface area contributed by atoms with Gasteiger partial charge in [0.2, 0.25) is 0 Å². The van der Waals surface area contributed by atoms with E-state index in [0.29, 0.717) is 18.7 Å². The number of esters is 1. The Balaban J connectivity index is 1.64. The molecule has 0 saturated carbocycles. The molecule has 0 amide bonds. The van der Waals surface area contributed by atoms with Crippen LogP contribution >= 0.6 is 0 Å². The lowest BCUT2D eigenvalue weighted by molar-refractivity contribution is -0.136.